The highest BCUT2D eigenvalue weighted by atomic mass is 79.9. The van der Waals surface area contributed by atoms with Crippen molar-refractivity contribution in [2.45, 2.75) is 18.2 Å². The van der Waals surface area contributed by atoms with Crippen LogP contribution in [0.3, 0.4) is 0 Å². The number of hydrogen-bond donors (Lipinski definition) is 1. The molecule has 0 heterocycles. The number of nitrogens with two attached hydrogens (primary N) is 1. The summed E-state index contributed by atoms with van der Waals surface area (Å²) in [5.74, 6) is 0. The Balaban J connectivity index is 2.36. The van der Waals surface area contributed by atoms with Gasteiger partial charge in [0.25, 0.3) is 0 Å². The van der Waals surface area contributed by atoms with Gasteiger partial charge in [0, 0.05) is 4.83 Å². The van der Waals surface area contributed by atoms with Crippen LogP contribution in [0.5, 0.6) is 0 Å². The Morgan fingerprint density at radius 2 is 2.43 bits per heavy atom. The summed E-state index contributed by atoms with van der Waals surface area (Å²) in [6.45, 7) is 3.02. The molecule has 1 aliphatic carbocycles. The van der Waals surface area contributed by atoms with Gasteiger partial charge in [-0.1, -0.05) is 22.9 Å². The van der Waals surface area contributed by atoms with Gasteiger partial charge in [0.1, 0.15) is 0 Å². The van der Waals surface area contributed by atoms with E-state index in [-0.39, 0.29) is 0 Å². The molecule has 0 spiro atoms. The van der Waals surface area contributed by atoms with Crippen LogP contribution in [0.2, 0.25) is 0 Å². The first-order valence-corrected chi connectivity index (χ1v) is 3.45. The Hall–Kier alpha value is 0.440. The van der Waals surface area contributed by atoms with Crippen molar-refractivity contribution >= 4 is 15.9 Å². The van der Waals surface area contributed by atoms with E-state index in [4.69, 9.17) is 5.73 Å². The summed E-state index contributed by atoms with van der Waals surface area (Å²) in [5, 5.41) is 0. The van der Waals surface area contributed by atoms with Gasteiger partial charge in [-0.25, -0.2) is 0 Å². The first kappa shape index (κ1) is 5.57. The van der Waals surface area contributed by atoms with Crippen LogP contribution >= 0.6 is 15.9 Å². The van der Waals surface area contributed by atoms with Crippen molar-refractivity contribution in [2.75, 3.05) is 6.54 Å². The van der Waals surface area contributed by atoms with Crippen molar-refractivity contribution in [2.24, 2.45) is 11.1 Å². The molecule has 1 aliphatic rings. The lowest BCUT2D eigenvalue weighted by atomic mass is 10.2. The van der Waals surface area contributed by atoms with Gasteiger partial charge in [0.05, 0.1) is 0 Å². The maximum atomic E-state index is 5.43. The van der Waals surface area contributed by atoms with Crippen molar-refractivity contribution in [1.29, 1.82) is 0 Å². The van der Waals surface area contributed by atoms with Gasteiger partial charge < -0.3 is 5.73 Å². The van der Waals surface area contributed by atoms with E-state index >= 15 is 0 Å². The summed E-state index contributed by atoms with van der Waals surface area (Å²) in [6, 6.07) is 0. The standard InChI is InChI=1S/C5H10BrN/c1-5(3-7)2-4(5)6/h4H,2-3,7H2,1H3/t4-,5+/m0/s1. The zero-order valence-electron chi connectivity index (χ0n) is 4.45. The molecule has 7 heavy (non-hydrogen) atoms. The fraction of sp³-hybridized carbons (Fsp3) is 1.00. The zero-order chi connectivity index (χ0) is 5.49. The van der Waals surface area contributed by atoms with Crippen LogP contribution in [0, 0.1) is 5.41 Å². The molecule has 0 unspecified atom stereocenters. The Kier molecular flexibility index (Phi) is 1.16. The van der Waals surface area contributed by atoms with Crippen LogP contribution in [0.25, 0.3) is 0 Å². The number of alkyl halides is 1. The second-order valence-corrected chi connectivity index (χ2v) is 3.64. The quantitative estimate of drug-likeness (QED) is 0.577. The minimum atomic E-state index is 0.444. The third-order valence-corrected chi connectivity index (χ3v) is 3.14. The molecule has 0 saturated heterocycles. The molecule has 1 fully saturated rings. The number of hydrogen-bond acceptors (Lipinski definition) is 1. The summed E-state index contributed by atoms with van der Waals surface area (Å²) in [6.07, 6.45) is 1.25. The van der Waals surface area contributed by atoms with Crippen LogP contribution in [-0.4, -0.2) is 11.4 Å². The summed E-state index contributed by atoms with van der Waals surface area (Å²) >= 11 is 3.48. The van der Waals surface area contributed by atoms with Crippen molar-refractivity contribution in [3.05, 3.63) is 0 Å². The molecule has 0 aliphatic heterocycles. The Bertz CT molecular complexity index is 80.1. The first-order valence-electron chi connectivity index (χ1n) is 2.53. The summed E-state index contributed by atoms with van der Waals surface area (Å²) in [5.41, 5.74) is 5.87. The van der Waals surface area contributed by atoms with Gasteiger partial charge in [0.15, 0.2) is 0 Å². The van der Waals surface area contributed by atoms with Crippen LogP contribution in [0.4, 0.5) is 0 Å². The minimum absolute atomic E-state index is 0.444. The zero-order valence-corrected chi connectivity index (χ0v) is 6.03. The SMILES string of the molecule is C[C@]1(CN)C[C@@H]1Br. The fourth-order valence-corrected chi connectivity index (χ4v) is 1.49. The summed E-state index contributed by atoms with van der Waals surface area (Å²) < 4.78 is 0. The Labute approximate surface area is 52.4 Å². The molecule has 1 saturated carbocycles. The van der Waals surface area contributed by atoms with Crippen LogP contribution in [0.15, 0.2) is 0 Å². The second-order valence-electron chi connectivity index (χ2n) is 2.53. The molecule has 0 bridgehead atoms. The topological polar surface area (TPSA) is 26.0 Å². The van der Waals surface area contributed by atoms with E-state index in [0.717, 1.165) is 6.54 Å². The monoisotopic (exact) mass is 163 g/mol. The van der Waals surface area contributed by atoms with Crippen LogP contribution in [-0.2, 0) is 0 Å². The minimum Gasteiger partial charge on any atom is -0.330 e. The van der Waals surface area contributed by atoms with Crippen LogP contribution < -0.4 is 5.73 Å². The molecule has 0 radical (unpaired) electrons. The molecule has 42 valence electrons. The van der Waals surface area contributed by atoms with E-state index in [9.17, 15) is 0 Å². The van der Waals surface area contributed by atoms with Gasteiger partial charge in [-0.3, -0.25) is 0 Å². The average Bonchev–Trinajstić information content (AvgIpc) is 2.18. The van der Waals surface area contributed by atoms with Gasteiger partial charge in [-0.2, -0.15) is 0 Å². The van der Waals surface area contributed by atoms with E-state index in [0.29, 0.717) is 10.2 Å². The van der Waals surface area contributed by atoms with Gasteiger partial charge in [0.2, 0.25) is 0 Å². The lowest BCUT2D eigenvalue weighted by molar-refractivity contribution is 0.594. The molecule has 1 nitrogen and oxygen atoms in total. The number of halogens is 1. The maximum absolute atomic E-state index is 5.43. The highest BCUT2D eigenvalue weighted by molar-refractivity contribution is 9.09. The van der Waals surface area contributed by atoms with Gasteiger partial charge in [-0.05, 0) is 18.4 Å². The van der Waals surface area contributed by atoms with Gasteiger partial charge in [-0.15, -0.1) is 0 Å². The maximum Gasteiger partial charge on any atom is 0.0218 e. The molecule has 0 aromatic heterocycles. The first-order chi connectivity index (χ1) is 3.19. The summed E-state index contributed by atoms with van der Waals surface area (Å²) in [4.78, 5) is 0.699. The number of rotatable bonds is 1. The average molecular weight is 164 g/mol. The lowest BCUT2D eigenvalue weighted by Gasteiger charge is -1.99. The molecule has 2 N–H and O–H groups in total. The van der Waals surface area contributed by atoms with E-state index < -0.39 is 0 Å². The predicted molar refractivity (Wildman–Crippen MR) is 34.5 cm³/mol. The molecule has 0 amide bonds. The van der Waals surface area contributed by atoms with E-state index in [1.54, 1.807) is 0 Å². The highest BCUT2D eigenvalue weighted by Gasteiger charge is 2.46. The third kappa shape index (κ3) is 0.820. The molecular weight excluding hydrogens is 154 g/mol. The third-order valence-electron chi connectivity index (χ3n) is 1.71. The predicted octanol–water partition coefficient (Wildman–Crippen LogP) is 1.12. The molecule has 0 aromatic rings. The Morgan fingerprint density at radius 3 is 2.43 bits per heavy atom. The van der Waals surface area contributed by atoms with Crippen molar-refractivity contribution < 1.29 is 0 Å². The lowest BCUT2D eigenvalue weighted by Crippen LogP contribution is -2.13. The van der Waals surface area contributed by atoms with E-state index in [1.807, 2.05) is 0 Å². The fourth-order valence-electron chi connectivity index (χ4n) is 0.562. The molecule has 2 heteroatoms. The molecular formula is C5H10BrN. The van der Waals surface area contributed by atoms with E-state index in [1.165, 1.54) is 6.42 Å². The summed E-state index contributed by atoms with van der Waals surface area (Å²) in [7, 11) is 0. The second kappa shape index (κ2) is 1.46. The normalized spacial score (nSPS) is 49.3. The van der Waals surface area contributed by atoms with E-state index in [2.05, 4.69) is 22.9 Å². The van der Waals surface area contributed by atoms with Crippen molar-refractivity contribution in [3.8, 4) is 0 Å². The van der Waals surface area contributed by atoms with Crippen LogP contribution in [0.1, 0.15) is 13.3 Å². The highest BCUT2D eigenvalue weighted by Crippen LogP contribution is 2.49. The Morgan fingerprint density at radius 1 is 2.00 bits per heavy atom. The molecule has 1 rings (SSSR count). The van der Waals surface area contributed by atoms with Crippen molar-refractivity contribution in [1.82, 2.24) is 0 Å². The largest absolute Gasteiger partial charge is 0.330 e. The molecule has 0 aromatic carbocycles. The smallest absolute Gasteiger partial charge is 0.0218 e. The van der Waals surface area contributed by atoms with Crippen molar-refractivity contribution in [3.63, 3.8) is 0 Å². The van der Waals surface area contributed by atoms with Gasteiger partial charge >= 0.3 is 0 Å². The molecule has 2 atom stereocenters.